The highest BCUT2D eigenvalue weighted by molar-refractivity contribution is 5.99. The smallest absolute Gasteiger partial charge is 0.287 e. The van der Waals surface area contributed by atoms with E-state index in [4.69, 9.17) is 9.15 Å². The number of rotatable bonds is 5. The number of nitrogens with zero attached hydrogens (tertiary/aromatic N) is 1. The van der Waals surface area contributed by atoms with Gasteiger partial charge in [0.1, 0.15) is 5.58 Å². The molecule has 0 aliphatic carbocycles. The summed E-state index contributed by atoms with van der Waals surface area (Å²) < 4.78 is 11.5. The summed E-state index contributed by atoms with van der Waals surface area (Å²) in [6.07, 6.45) is 0. The Morgan fingerprint density at radius 2 is 1.70 bits per heavy atom. The zero-order valence-corrected chi connectivity index (χ0v) is 18.2. The second-order valence-corrected chi connectivity index (χ2v) is 8.27. The van der Waals surface area contributed by atoms with Crippen LogP contribution in [0, 0.1) is 27.7 Å². The van der Waals surface area contributed by atoms with Gasteiger partial charge in [-0.25, -0.2) is 0 Å². The Labute approximate surface area is 178 Å². The lowest BCUT2D eigenvalue weighted by molar-refractivity contribution is 0.0161. The summed E-state index contributed by atoms with van der Waals surface area (Å²) in [5.74, 6) is 0.240. The van der Waals surface area contributed by atoms with E-state index in [-0.39, 0.29) is 11.9 Å². The third kappa shape index (κ3) is 4.13. The molecule has 1 aliphatic rings. The van der Waals surface area contributed by atoms with Crippen LogP contribution in [0.4, 0.5) is 0 Å². The van der Waals surface area contributed by atoms with E-state index in [1.165, 1.54) is 16.7 Å². The van der Waals surface area contributed by atoms with E-state index in [1.54, 1.807) is 0 Å². The largest absolute Gasteiger partial charge is 0.451 e. The molecule has 4 rings (SSSR count). The number of benzene rings is 2. The number of morpholine rings is 1. The van der Waals surface area contributed by atoms with Crippen molar-refractivity contribution in [1.29, 1.82) is 0 Å². The van der Waals surface area contributed by atoms with Gasteiger partial charge in [0.2, 0.25) is 0 Å². The van der Waals surface area contributed by atoms with Crippen molar-refractivity contribution in [3.05, 3.63) is 70.0 Å². The third-order valence-corrected chi connectivity index (χ3v) is 6.16. The lowest BCUT2D eigenvalue weighted by Gasteiger charge is -2.35. The Bertz CT molecular complexity index is 1050. The minimum atomic E-state index is -0.163. The molecular formula is C25H30N2O3. The maximum absolute atomic E-state index is 13.0. The van der Waals surface area contributed by atoms with Crippen molar-refractivity contribution in [2.45, 2.75) is 33.7 Å². The van der Waals surface area contributed by atoms with Crippen LogP contribution in [-0.2, 0) is 4.74 Å². The fourth-order valence-corrected chi connectivity index (χ4v) is 4.10. The molecule has 2 heterocycles. The number of amides is 1. The molecule has 30 heavy (non-hydrogen) atoms. The van der Waals surface area contributed by atoms with Gasteiger partial charge in [0.25, 0.3) is 5.91 Å². The van der Waals surface area contributed by atoms with Gasteiger partial charge >= 0.3 is 0 Å². The highest BCUT2D eigenvalue weighted by atomic mass is 16.5. The molecule has 3 aromatic rings. The summed E-state index contributed by atoms with van der Waals surface area (Å²) in [6, 6.07) is 12.8. The second-order valence-electron chi connectivity index (χ2n) is 8.27. The fourth-order valence-electron chi connectivity index (χ4n) is 4.10. The number of nitrogens with one attached hydrogen (secondary N) is 1. The zero-order valence-electron chi connectivity index (χ0n) is 18.2. The van der Waals surface area contributed by atoms with Crippen LogP contribution >= 0.6 is 0 Å². The molecule has 1 saturated heterocycles. The van der Waals surface area contributed by atoms with Crippen molar-refractivity contribution in [3.63, 3.8) is 0 Å². The maximum atomic E-state index is 13.0. The molecule has 1 aliphatic heterocycles. The van der Waals surface area contributed by atoms with Gasteiger partial charge in [0.05, 0.1) is 19.3 Å². The Hall–Kier alpha value is -2.63. The topological polar surface area (TPSA) is 54.7 Å². The lowest BCUT2D eigenvalue weighted by atomic mass is 10.0. The summed E-state index contributed by atoms with van der Waals surface area (Å²) in [5, 5.41) is 4.13. The van der Waals surface area contributed by atoms with Crippen LogP contribution < -0.4 is 5.32 Å². The molecule has 1 N–H and O–H groups in total. The Morgan fingerprint density at radius 3 is 2.40 bits per heavy atom. The quantitative estimate of drug-likeness (QED) is 0.679. The molecule has 158 valence electrons. The minimum absolute atomic E-state index is 0.104. The molecule has 0 bridgehead atoms. The van der Waals surface area contributed by atoms with Crippen molar-refractivity contribution >= 4 is 16.9 Å². The van der Waals surface area contributed by atoms with Crippen molar-refractivity contribution < 1.29 is 13.9 Å². The van der Waals surface area contributed by atoms with Crippen LogP contribution in [0.15, 0.2) is 40.8 Å². The van der Waals surface area contributed by atoms with E-state index in [0.29, 0.717) is 12.3 Å². The van der Waals surface area contributed by atoms with E-state index >= 15 is 0 Å². The van der Waals surface area contributed by atoms with Crippen LogP contribution in [-0.4, -0.2) is 43.7 Å². The Balaban J connectivity index is 1.55. The van der Waals surface area contributed by atoms with Crippen molar-refractivity contribution in [2.75, 3.05) is 32.8 Å². The molecule has 2 aromatic carbocycles. The summed E-state index contributed by atoms with van der Waals surface area (Å²) in [7, 11) is 0. The molecule has 1 amide bonds. The SMILES string of the molecule is Cc1ccc([C@H](CNC(=O)c2oc3cc(C)c(C)cc3c2C)N2CCOCC2)cc1. The molecule has 0 saturated carbocycles. The first-order valence-corrected chi connectivity index (χ1v) is 10.6. The molecule has 1 fully saturated rings. The predicted molar refractivity (Wildman–Crippen MR) is 119 cm³/mol. The number of hydrogen-bond acceptors (Lipinski definition) is 4. The first-order chi connectivity index (χ1) is 14.4. The van der Waals surface area contributed by atoms with Gasteiger partial charge in [0.15, 0.2) is 5.76 Å². The van der Waals surface area contributed by atoms with Gasteiger partial charge in [-0.2, -0.15) is 0 Å². The molecule has 5 nitrogen and oxygen atoms in total. The third-order valence-electron chi connectivity index (χ3n) is 6.16. The second kappa shape index (κ2) is 8.62. The molecular weight excluding hydrogens is 376 g/mol. The normalized spacial score (nSPS) is 16.0. The van der Waals surface area contributed by atoms with Crippen molar-refractivity contribution in [2.24, 2.45) is 0 Å². The summed E-state index contributed by atoms with van der Waals surface area (Å²) in [5.41, 5.74) is 6.45. The van der Waals surface area contributed by atoms with Crippen molar-refractivity contribution in [1.82, 2.24) is 10.2 Å². The first kappa shape index (κ1) is 20.6. The highest BCUT2D eigenvalue weighted by Gasteiger charge is 2.25. The maximum Gasteiger partial charge on any atom is 0.287 e. The molecule has 5 heteroatoms. The minimum Gasteiger partial charge on any atom is -0.451 e. The fraction of sp³-hybridized carbons (Fsp3) is 0.400. The van der Waals surface area contributed by atoms with Crippen LogP contribution in [0.3, 0.4) is 0 Å². The number of carbonyl (C=O) groups is 1. The van der Waals surface area contributed by atoms with Crippen LogP contribution in [0.2, 0.25) is 0 Å². The van der Waals surface area contributed by atoms with E-state index in [9.17, 15) is 4.79 Å². The number of carbonyl (C=O) groups excluding carboxylic acids is 1. The monoisotopic (exact) mass is 406 g/mol. The standard InChI is InChI=1S/C25H30N2O3/c1-16-5-7-20(8-6-16)22(27-9-11-29-12-10-27)15-26-25(28)24-19(4)21-13-17(2)18(3)14-23(21)30-24/h5-8,13-14,22H,9-12,15H2,1-4H3,(H,26,28)/t22-/m0/s1. The van der Waals surface area contributed by atoms with Crippen LogP contribution in [0.25, 0.3) is 11.0 Å². The molecule has 0 radical (unpaired) electrons. The highest BCUT2D eigenvalue weighted by Crippen LogP contribution is 2.28. The van der Waals surface area contributed by atoms with Gasteiger partial charge in [0, 0.05) is 30.6 Å². The van der Waals surface area contributed by atoms with Gasteiger partial charge in [-0.3, -0.25) is 9.69 Å². The van der Waals surface area contributed by atoms with Gasteiger partial charge < -0.3 is 14.5 Å². The number of ether oxygens (including phenoxy) is 1. The van der Waals surface area contributed by atoms with Gasteiger partial charge in [-0.15, -0.1) is 0 Å². The Kier molecular flexibility index (Phi) is 5.93. The molecule has 1 atom stereocenters. The van der Waals surface area contributed by atoms with E-state index in [1.807, 2.05) is 13.0 Å². The first-order valence-electron chi connectivity index (χ1n) is 10.6. The Morgan fingerprint density at radius 1 is 1.03 bits per heavy atom. The average Bonchev–Trinajstić information content (AvgIpc) is 3.06. The zero-order chi connectivity index (χ0) is 21.3. The van der Waals surface area contributed by atoms with E-state index in [0.717, 1.165) is 48.4 Å². The summed E-state index contributed by atoms with van der Waals surface area (Å²) in [4.78, 5) is 15.4. The van der Waals surface area contributed by atoms with Crippen LogP contribution in [0.1, 0.15) is 44.4 Å². The average molecular weight is 407 g/mol. The summed E-state index contributed by atoms with van der Waals surface area (Å²) in [6.45, 7) is 11.9. The van der Waals surface area contributed by atoms with Crippen molar-refractivity contribution in [3.8, 4) is 0 Å². The molecule has 0 spiro atoms. The van der Waals surface area contributed by atoms with E-state index < -0.39 is 0 Å². The number of furan rings is 1. The summed E-state index contributed by atoms with van der Waals surface area (Å²) >= 11 is 0. The molecule has 0 unspecified atom stereocenters. The van der Waals surface area contributed by atoms with Crippen LogP contribution in [0.5, 0.6) is 0 Å². The number of aryl methyl sites for hydroxylation is 4. The van der Waals surface area contributed by atoms with E-state index in [2.05, 4.69) is 61.3 Å². The lowest BCUT2D eigenvalue weighted by Crippen LogP contribution is -2.43. The number of fused-ring (bicyclic) bond motifs is 1. The van der Waals surface area contributed by atoms with Gasteiger partial charge in [-0.05, 0) is 56.5 Å². The van der Waals surface area contributed by atoms with Gasteiger partial charge in [-0.1, -0.05) is 29.8 Å². The predicted octanol–water partition coefficient (Wildman–Crippen LogP) is 4.47. The molecule has 1 aromatic heterocycles. The number of hydrogen-bond donors (Lipinski definition) is 1.